The van der Waals surface area contributed by atoms with Crippen LogP contribution in [0.25, 0.3) is 0 Å². The third-order valence-corrected chi connectivity index (χ3v) is 5.04. The molecule has 0 spiro atoms. The van der Waals surface area contributed by atoms with Crippen LogP contribution in [0.4, 0.5) is 0 Å². The Labute approximate surface area is 139 Å². The zero-order valence-electron chi connectivity index (χ0n) is 13.5. The van der Waals surface area contributed by atoms with Gasteiger partial charge in [0.05, 0.1) is 12.0 Å². The molecule has 0 bridgehead atoms. The van der Waals surface area contributed by atoms with Crippen molar-refractivity contribution < 1.29 is 24.6 Å². The van der Waals surface area contributed by atoms with Crippen LogP contribution in [0.2, 0.25) is 0 Å². The Morgan fingerprint density at radius 2 is 1.92 bits per heavy atom. The number of primary amides is 1. The van der Waals surface area contributed by atoms with Crippen molar-refractivity contribution >= 4 is 17.5 Å². The van der Waals surface area contributed by atoms with Crippen molar-refractivity contribution in [3.63, 3.8) is 0 Å². The van der Waals surface area contributed by atoms with Crippen LogP contribution in [0.5, 0.6) is 0 Å². The average molecular weight is 332 g/mol. The van der Waals surface area contributed by atoms with Gasteiger partial charge in [-0.2, -0.15) is 0 Å². The number of likely N-dealkylation sites (N-methyl/N-ethyl adjacent to an activating group) is 1. The average Bonchev–Trinajstić information content (AvgIpc) is 2.45. The molecule has 3 unspecified atom stereocenters. The number of amides is 1. The van der Waals surface area contributed by atoms with Crippen molar-refractivity contribution in [2.45, 2.75) is 18.9 Å². The molecule has 0 aromatic heterocycles. The molecule has 7 nitrogen and oxygen atoms in total. The molecule has 0 saturated heterocycles. The Bertz CT molecular complexity index is 691. The topological polar surface area (TPSA) is 121 Å². The van der Waals surface area contributed by atoms with Crippen LogP contribution in [0.1, 0.15) is 12.8 Å². The van der Waals surface area contributed by atoms with Crippen LogP contribution < -0.4 is 5.73 Å². The van der Waals surface area contributed by atoms with E-state index in [9.17, 15) is 24.6 Å². The van der Waals surface area contributed by atoms with Crippen molar-refractivity contribution in [3.8, 4) is 0 Å². The predicted molar refractivity (Wildman–Crippen MR) is 84.3 cm³/mol. The number of Topliss-reactive ketones (excluding diaryl/α,β-unsaturated/α-hetero) is 2. The summed E-state index contributed by atoms with van der Waals surface area (Å²) in [5.41, 5.74) is 4.98. The van der Waals surface area contributed by atoms with Gasteiger partial charge < -0.3 is 15.9 Å². The summed E-state index contributed by atoms with van der Waals surface area (Å²) in [5, 5.41) is 21.1. The molecule has 1 amide bonds. The van der Waals surface area contributed by atoms with Gasteiger partial charge in [0.1, 0.15) is 17.1 Å². The number of fused-ring (bicyclic) bond motifs is 2. The molecule has 0 aliphatic heterocycles. The lowest BCUT2D eigenvalue weighted by atomic mass is 9.61. The molecule has 7 heteroatoms. The van der Waals surface area contributed by atoms with Gasteiger partial charge in [0.15, 0.2) is 11.6 Å². The predicted octanol–water partition coefficient (Wildman–Crippen LogP) is 0.242. The molecule has 4 N–H and O–H groups in total. The number of rotatable bonds is 2. The van der Waals surface area contributed by atoms with E-state index >= 15 is 0 Å². The van der Waals surface area contributed by atoms with E-state index in [0.717, 1.165) is 0 Å². The number of carbonyl (C=O) groups is 3. The second-order valence-corrected chi connectivity index (χ2v) is 6.67. The van der Waals surface area contributed by atoms with Crippen LogP contribution in [-0.4, -0.2) is 52.7 Å². The number of allylic oxidation sites excluding steroid dienone is 2. The highest BCUT2D eigenvalue weighted by atomic mass is 16.3. The minimum absolute atomic E-state index is 0.191. The van der Waals surface area contributed by atoms with Gasteiger partial charge in [-0.05, 0) is 39.3 Å². The molecule has 4 atom stereocenters. The first-order chi connectivity index (χ1) is 11.3. The highest BCUT2D eigenvalue weighted by Gasteiger charge is 2.53. The van der Waals surface area contributed by atoms with Gasteiger partial charge in [0.2, 0.25) is 0 Å². The number of hydrogen-bond donors (Lipinski definition) is 3. The van der Waals surface area contributed by atoms with E-state index < -0.39 is 35.1 Å². The largest absolute Gasteiger partial charge is 0.511 e. The van der Waals surface area contributed by atoms with Crippen LogP contribution >= 0.6 is 0 Å². The summed E-state index contributed by atoms with van der Waals surface area (Å²) in [6.45, 7) is 0. The fourth-order valence-corrected chi connectivity index (χ4v) is 4.06. The Balaban J connectivity index is 2.17. The molecule has 3 rings (SSSR count). The van der Waals surface area contributed by atoms with Crippen molar-refractivity contribution in [1.29, 1.82) is 0 Å². The Morgan fingerprint density at radius 1 is 1.25 bits per heavy atom. The number of aliphatic hydroxyl groups is 2. The summed E-state index contributed by atoms with van der Waals surface area (Å²) in [6.07, 6.45) is 4.62. The summed E-state index contributed by atoms with van der Waals surface area (Å²) in [7, 11) is 3.40. The summed E-state index contributed by atoms with van der Waals surface area (Å²) >= 11 is 0. The summed E-state index contributed by atoms with van der Waals surface area (Å²) in [5.74, 6) is -4.62. The molecule has 128 valence electrons. The van der Waals surface area contributed by atoms with Gasteiger partial charge in [-0.15, -0.1) is 0 Å². The maximum Gasteiger partial charge on any atom is 0.255 e. The molecule has 0 aromatic carbocycles. The smallest absolute Gasteiger partial charge is 0.255 e. The SMILES string of the molecule is CN(C)[C@@H]1C(O)=C(C(N)=O)C(=O)C2C(O)=C3C(=O)CC[CH]C3[CH]C21. The molecule has 3 aliphatic carbocycles. The van der Waals surface area contributed by atoms with E-state index in [1.807, 2.05) is 12.8 Å². The van der Waals surface area contributed by atoms with Crippen molar-refractivity contribution in [2.24, 2.45) is 23.5 Å². The first-order valence-corrected chi connectivity index (χ1v) is 7.83. The number of hydrogen-bond acceptors (Lipinski definition) is 6. The van der Waals surface area contributed by atoms with E-state index in [1.54, 1.807) is 19.0 Å². The second kappa shape index (κ2) is 5.73. The minimum atomic E-state index is -1.07. The monoisotopic (exact) mass is 332 g/mol. The molecular weight excluding hydrogens is 312 g/mol. The van der Waals surface area contributed by atoms with Crippen LogP contribution in [0, 0.1) is 30.6 Å². The fraction of sp³-hybridized carbons (Fsp3) is 0.471. The van der Waals surface area contributed by atoms with E-state index in [4.69, 9.17) is 5.73 Å². The summed E-state index contributed by atoms with van der Waals surface area (Å²) in [6, 6.07) is -0.677. The highest BCUT2D eigenvalue weighted by molar-refractivity contribution is 6.21. The number of aliphatic hydroxyl groups excluding tert-OH is 2. The maximum atomic E-state index is 12.7. The van der Waals surface area contributed by atoms with Gasteiger partial charge in [-0.1, -0.05) is 0 Å². The van der Waals surface area contributed by atoms with E-state index in [-0.39, 0.29) is 35.2 Å². The van der Waals surface area contributed by atoms with Crippen molar-refractivity contribution in [1.82, 2.24) is 4.90 Å². The molecule has 24 heavy (non-hydrogen) atoms. The minimum Gasteiger partial charge on any atom is -0.511 e. The molecule has 1 saturated carbocycles. The lowest BCUT2D eigenvalue weighted by molar-refractivity contribution is -0.126. The van der Waals surface area contributed by atoms with Crippen LogP contribution in [0.3, 0.4) is 0 Å². The van der Waals surface area contributed by atoms with Gasteiger partial charge >= 0.3 is 0 Å². The first-order valence-electron chi connectivity index (χ1n) is 7.83. The standard InChI is InChI=1S/C17H20N2O5/c1-19(2)13-8-6-7-4-3-5-9(20)10(7)14(21)11(8)15(22)12(16(13)23)17(18)24/h4,6-8,11,13,21,23H,3,5H2,1-2H3,(H2,18,24)/t7?,8?,11?,13-/m0/s1. The Hall–Kier alpha value is -2.15. The third kappa shape index (κ3) is 2.26. The number of ketones is 2. The number of carbonyl (C=O) groups excluding carboxylic acids is 3. The molecule has 2 radical (unpaired) electrons. The van der Waals surface area contributed by atoms with Gasteiger partial charge in [-0.25, -0.2) is 0 Å². The van der Waals surface area contributed by atoms with E-state index in [1.165, 1.54) is 0 Å². The van der Waals surface area contributed by atoms with Gasteiger partial charge in [-0.3, -0.25) is 19.3 Å². The number of nitrogens with two attached hydrogens (primary N) is 1. The molecule has 1 fully saturated rings. The second-order valence-electron chi connectivity index (χ2n) is 6.67. The summed E-state index contributed by atoms with van der Waals surface area (Å²) < 4.78 is 0. The molecular formula is C17H20N2O5. The zero-order valence-corrected chi connectivity index (χ0v) is 13.5. The Kier molecular flexibility index (Phi) is 3.99. The lowest BCUT2D eigenvalue weighted by Gasteiger charge is -2.45. The highest BCUT2D eigenvalue weighted by Crippen LogP contribution is 2.48. The molecule has 0 aromatic rings. The fourth-order valence-electron chi connectivity index (χ4n) is 4.06. The summed E-state index contributed by atoms with van der Waals surface area (Å²) in [4.78, 5) is 38.2. The Morgan fingerprint density at radius 3 is 2.50 bits per heavy atom. The van der Waals surface area contributed by atoms with Crippen LogP contribution in [-0.2, 0) is 14.4 Å². The van der Waals surface area contributed by atoms with E-state index in [2.05, 4.69) is 0 Å². The zero-order chi connectivity index (χ0) is 17.8. The van der Waals surface area contributed by atoms with E-state index in [0.29, 0.717) is 6.42 Å². The molecule has 3 aliphatic rings. The maximum absolute atomic E-state index is 12.7. The van der Waals surface area contributed by atoms with Crippen molar-refractivity contribution in [3.05, 3.63) is 35.5 Å². The molecule has 0 heterocycles. The normalized spacial score (nSPS) is 33.6. The van der Waals surface area contributed by atoms with Crippen molar-refractivity contribution in [2.75, 3.05) is 14.1 Å². The van der Waals surface area contributed by atoms with Crippen LogP contribution in [0.15, 0.2) is 22.7 Å². The number of nitrogens with zero attached hydrogens (tertiary/aromatic N) is 1. The van der Waals surface area contributed by atoms with Gasteiger partial charge in [0, 0.05) is 17.9 Å². The lowest BCUT2D eigenvalue weighted by Crippen LogP contribution is -2.53. The first kappa shape index (κ1) is 16.7. The van der Waals surface area contributed by atoms with Gasteiger partial charge in [0.25, 0.3) is 5.91 Å². The third-order valence-electron chi connectivity index (χ3n) is 5.04. The quantitative estimate of drug-likeness (QED) is 0.623.